The molecule has 102 valence electrons. The van der Waals surface area contributed by atoms with E-state index in [2.05, 4.69) is 5.32 Å². The Bertz CT molecular complexity index is 492. The summed E-state index contributed by atoms with van der Waals surface area (Å²) in [5.41, 5.74) is 0.422. The van der Waals surface area contributed by atoms with E-state index in [0.717, 1.165) is 0 Å². The zero-order valence-corrected chi connectivity index (χ0v) is 10.7. The molecule has 1 aromatic heterocycles. The lowest BCUT2D eigenvalue weighted by Gasteiger charge is -2.36. The minimum Gasteiger partial charge on any atom is -0.481 e. The summed E-state index contributed by atoms with van der Waals surface area (Å²) >= 11 is 1.35. The average molecular weight is 283 g/mol. The monoisotopic (exact) mass is 283 g/mol. The van der Waals surface area contributed by atoms with Gasteiger partial charge in [0.2, 0.25) is 0 Å². The van der Waals surface area contributed by atoms with Crippen LogP contribution >= 0.6 is 11.3 Å². The number of hydrogen-bond acceptors (Lipinski definition) is 4. The predicted octanol–water partition coefficient (Wildman–Crippen LogP) is 1.04. The van der Waals surface area contributed by atoms with Gasteiger partial charge in [0, 0.05) is 5.38 Å². The number of carboxylic acid groups (broad SMARTS) is 2. The highest BCUT2D eigenvalue weighted by molar-refractivity contribution is 7.08. The lowest BCUT2D eigenvalue weighted by molar-refractivity contribution is -0.151. The second-order valence-electron chi connectivity index (χ2n) is 4.57. The molecule has 1 amide bonds. The van der Waals surface area contributed by atoms with Crippen LogP contribution in [0.15, 0.2) is 16.8 Å². The van der Waals surface area contributed by atoms with E-state index in [-0.39, 0.29) is 18.8 Å². The minimum atomic E-state index is -1.13. The number of carbonyl (C=O) groups is 3. The molecule has 7 heteroatoms. The largest absolute Gasteiger partial charge is 0.481 e. The van der Waals surface area contributed by atoms with Crippen molar-refractivity contribution >= 4 is 29.2 Å². The van der Waals surface area contributed by atoms with Crippen molar-refractivity contribution in [3.8, 4) is 0 Å². The first-order chi connectivity index (χ1) is 8.99. The third kappa shape index (κ3) is 2.93. The second-order valence-corrected chi connectivity index (χ2v) is 5.35. The van der Waals surface area contributed by atoms with E-state index in [1.807, 2.05) is 0 Å². The fraction of sp³-hybridized carbons (Fsp3) is 0.417. The van der Waals surface area contributed by atoms with Crippen LogP contribution < -0.4 is 5.32 Å². The quantitative estimate of drug-likeness (QED) is 0.749. The van der Waals surface area contributed by atoms with Crippen molar-refractivity contribution in [3.05, 3.63) is 22.4 Å². The third-order valence-corrected chi connectivity index (χ3v) is 4.01. The second kappa shape index (κ2) is 5.40. The maximum Gasteiger partial charge on any atom is 0.326 e. The molecule has 6 nitrogen and oxygen atoms in total. The van der Waals surface area contributed by atoms with Crippen LogP contribution in [0, 0.1) is 11.8 Å². The molecule has 19 heavy (non-hydrogen) atoms. The van der Waals surface area contributed by atoms with E-state index < -0.39 is 29.8 Å². The van der Waals surface area contributed by atoms with Crippen LogP contribution in [0.5, 0.6) is 0 Å². The number of amides is 1. The molecule has 1 atom stereocenters. The van der Waals surface area contributed by atoms with Crippen LogP contribution in [-0.4, -0.2) is 34.1 Å². The number of nitrogens with one attached hydrogen (secondary N) is 1. The number of aliphatic carboxylic acids is 2. The van der Waals surface area contributed by atoms with Crippen molar-refractivity contribution in [1.29, 1.82) is 0 Å². The molecule has 1 aromatic rings. The van der Waals surface area contributed by atoms with Gasteiger partial charge in [-0.15, -0.1) is 0 Å². The van der Waals surface area contributed by atoms with Gasteiger partial charge in [-0.05, 0) is 30.2 Å². The topological polar surface area (TPSA) is 104 Å². The van der Waals surface area contributed by atoms with E-state index in [1.54, 1.807) is 16.8 Å². The Balaban J connectivity index is 1.97. The van der Waals surface area contributed by atoms with Gasteiger partial charge in [0.25, 0.3) is 5.91 Å². The fourth-order valence-corrected chi connectivity index (χ4v) is 2.77. The van der Waals surface area contributed by atoms with Crippen LogP contribution in [0.2, 0.25) is 0 Å². The maximum absolute atomic E-state index is 11.8. The number of carboxylic acids is 2. The molecule has 0 radical (unpaired) electrons. The molecular formula is C12H13NO5S. The molecule has 0 spiro atoms. The Morgan fingerprint density at radius 3 is 2.47 bits per heavy atom. The van der Waals surface area contributed by atoms with Gasteiger partial charge in [-0.1, -0.05) is 0 Å². The van der Waals surface area contributed by atoms with E-state index in [1.165, 1.54) is 11.3 Å². The molecule has 1 aliphatic rings. The van der Waals surface area contributed by atoms with Crippen molar-refractivity contribution in [2.75, 3.05) is 0 Å². The SMILES string of the molecule is O=C(NC(C(=O)O)C1CC(C(=O)O)C1)c1ccsc1. The van der Waals surface area contributed by atoms with Gasteiger partial charge in [0.15, 0.2) is 0 Å². The Labute approximate surface area is 113 Å². The van der Waals surface area contributed by atoms with Crippen molar-refractivity contribution in [2.45, 2.75) is 18.9 Å². The zero-order valence-electron chi connectivity index (χ0n) is 9.91. The Morgan fingerprint density at radius 2 is 2.00 bits per heavy atom. The molecule has 0 bridgehead atoms. The highest BCUT2D eigenvalue weighted by atomic mass is 32.1. The number of thiophene rings is 1. The van der Waals surface area contributed by atoms with Gasteiger partial charge in [0.05, 0.1) is 11.5 Å². The normalized spacial score (nSPS) is 23.2. The van der Waals surface area contributed by atoms with Crippen molar-refractivity contribution in [1.82, 2.24) is 5.32 Å². The molecule has 1 aliphatic carbocycles. The van der Waals surface area contributed by atoms with Crippen LogP contribution in [0.1, 0.15) is 23.2 Å². The lowest BCUT2D eigenvalue weighted by atomic mass is 9.71. The smallest absolute Gasteiger partial charge is 0.326 e. The van der Waals surface area contributed by atoms with E-state index in [0.29, 0.717) is 5.56 Å². The molecule has 0 aromatic carbocycles. The molecule has 0 saturated heterocycles. The van der Waals surface area contributed by atoms with Crippen molar-refractivity contribution in [3.63, 3.8) is 0 Å². The van der Waals surface area contributed by atoms with E-state index in [4.69, 9.17) is 10.2 Å². The molecule has 1 heterocycles. The summed E-state index contributed by atoms with van der Waals surface area (Å²) in [6.07, 6.45) is 0.576. The summed E-state index contributed by atoms with van der Waals surface area (Å²) < 4.78 is 0. The Morgan fingerprint density at radius 1 is 1.32 bits per heavy atom. The van der Waals surface area contributed by atoms with Gasteiger partial charge in [-0.25, -0.2) is 4.79 Å². The number of rotatable bonds is 5. The van der Waals surface area contributed by atoms with Gasteiger partial charge in [-0.3, -0.25) is 9.59 Å². The highest BCUT2D eigenvalue weighted by Gasteiger charge is 2.42. The maximum atomic E-state index is 11.8. The molecule has 3 N–H and O–H groups in total. The Kier molecular flexibility index (Phi) is 3.84. The summed E-state index contributed by atoms with van der Waals surface area (Å²) in [7, 11) is 0. The van der Waals surface area contributed by atoms with E-state index in [9.17, 15) is 14.4 Å². The summed E-state index contributed by atoms with van der Waals surface area (Å²) in [5, 5.41) is 23.7. The number of hydrogen-bond donors (Lipinski definition) is 3. The molecule has 2 rings (SSSR count). The van der Waals surface area contributed by atoms with Crippen molar-refractivity contribution in [2.24, 2.45) is 11.8 Å². The number of carbonyl (C=O) groups excluding carboxylic acids is 1. The fourth-order valence-electron chi connectivity index (χ4n) is 2.14. The first-order valence-corrected chi connectivity index (χ1v) is 6.72. The zero-order chi connectivity index (χ0) is 14.0. The summed E-state index contributed by atoms with van der Waals surface area (Å²) in [6, 6.07) is 0.586. The Hall–Kier alpha value is -1.89. The highest BCUT2D eigenvalue weighted by Crippen LogP contribution is 2.36. The van der Waals surface area contributed by atoms with Crippen LogP contribution in [-0.2, 0) is 9.59 Å². The van der Waals surface area contributed by atoms with Crippen LogP contribution in [0.4, 0.5) is 0 Å². The first-order valence-electron chi connectivity index (χ1n) is 5.77. The third-order valence-electron chi connectivity index (χ3n) is 3.33. The molecule has 1 saturated carbocycles. The van der Waals surface area contributed by atoms with Gasteiger partial charge in [0.1, 0.15) is 6.04 Å². The summed E-state index contributed by atoms with van der Waals surface area (Å²) in [4.78, 5) is 33.6. The van der Waals surface area contributed by atoms with E-state index >= 15 is 0 Å². The minimum absolute atomic E-state index is 0.288. The summed E-state index contributed by atoms with van der Waals surface area (Å²) in [6.45, 7) is 0. The molecule has 1 fully saturated rings. The summed E-state index contributed by atoms with van der Waals surface area (Å²) in [5.74, 6) is -3.29. The predicted molar refractivity (Wildman–Crippen MR) is 67.1 cm³/mol. The van der Waals surface area contributed by atoms with Gasteiger partial charge >= 0.3 is 11.9 Å². The van der Waals surface area contributed by atoms with Crippen LogP contribution in [0.3, 0.4) is 0 Å². The lowest BCUT2D eigenvalue weighted by Crippen LogP contribution is -2.51. The van der Waals surface area contributed by atoms with Gasteiger partial charge in [-0.2, -0.15) is 11.3 Å². The molecule has 1 unspecified atom stereocenters. The standard InChI is InChI=1S/C12H13NO5S/c14-10(6-1-2-19-5-6)13-9(12(17)18)7-3-8(4-7)11(15)16/h1-2,5,7-9H,3-4H2,(H,13,14)(H,15,16)(H,17,18). The van der Waals surface area contributed by atoms with Crippen LogP contribution in [0.25, 0.3) is 0 Å². The molecule has 0 aliphatic heterocycles. The molecular weight excluding hydrogens is 270 g/mol. The first kappa shape index (κ1) is 13.5. The average Bonchev–Trinajstić information content (AvgIpc) is 2.77. The van der Waals surface area contributed by atoms with Gasteiger partial charge < -0.3 is 15.5 Å². The van der Waals surface area contributed by atoms with Crippen molar-refractivity contribution < 1.29 is 24.6 Å².